The number of amides is 1. The van der Waals surface area contributed by atoms with Gasteiger partial charge < -0.3 is 14.4 Å². The molecule has 1 amide bonds. The Kier molecular flexibility index (Phi) is 3.90. The van der Waals surface area contributed by atoms with E-state index in [1.54, 1.807) is 37.2 Å². The van der Waals surface area contributed by atoms with Crippen LogP contribution in [0.25, 0.3) is 0 Å². The number of likely N-dealkylation sites (tertiary alicyclic amines) is 1. The Hall–Kier alpha value is -2.63. The van der Waals surface area contributed by atoms with Gasteiger partial charge in [-0.05, 0) is 37.6 Å². The average molecular weight is 314 g/mol. The summed E-state index contributed by atoms with van der Waals surface area (Å²) in [4.78, 5) is 29.8. The summed E-state index contributed by atoms with van der Waals surface area (Å²) in [6.45, 7) is 4.10. The van der Waals surface area contributed by atoms with E-state index in [0.717, 1.165) is 5.56 Å². The number of hydrogen-bond acceptors (Lipinski definition) is 4. The number of carbonyl (C=O) groups excluding carboxylic acids is 1. The highest BCUT2D eigenvalue weighted by molar-refractivity contribution is 5.96. The molecule has 0 saturated carbocycles. The van der Waals surface area contributed by atoms with Crippen LogP contribution in [0.4, 0.5) is 0 Å². The van der Waals surface area contributed by atoms with E-state index in [2.05, 4.69) is 4.98 Å². The van der Waals surface area contributed by atoms with Crippen molar-refractivity contribution in [3.05, 3.63) is 53.2 Å². The van der Waals surface area contributed by atoms with Crippen LogP contribution >= 0.6 is 0 Å². The first-order valence-corrected chi connectivity index (χ1v) is 7.46. The monoisotopic (exact) mass is 314 g/mol. The Labute approximate surface area is 133 Å². The molecular formula is C17H18N2O4. The van der Waals surface area contributed by atoms with Crippen LogP contribution in [0.5, 0.6) is 0 Å². The smallest absolute Gasteiger partial charge is 0.308 e. The van der Waals surface area contributed by atoms with E-state index in [0.29, 0.717) is 23.6 Å². The maximum Gasteiger partial charge on any atom is 0.308 e. The summed E-state index contributed by atoms with van der Waals surface area (Å²) < 4.78 is 5.41. The maximum absolute atomic E-state index is 12.7. The third kappa shape index (κ3) is 2.84. The zero-order chi connectivity index (χ0) is 16.6. The summed E-state index contributed by atoms with van der Waals surface area (Å²) in [5, 5.41) is 9.50. The van der Waals surface area contributed by atoms with Gasteiger partial charge in [0, 0.05) is 31.4 Å². The highest BCUT2D eigenvalue weighted by atomic mass is 16.4. The molecule has 3 rings (SSSR count). The van der Waals surface area contributed by atoms with Gasteiger partial charge in [-0.25, -0.2) is 0 Å². The molecule has 1 N–H and O–H groups in total. The van der Waals surface area contributed by atoms with Gasteiger partial charge in [0.05, 0.1) is 11.5 Å². The van der Waals surface area contributed by atoms with Gasteiger partial charge >= 0.3 is 5.97 Å². The first-order chi connectivity index (χ1) is 11.0. The third-order valence-electron chi connectivity index (χ3n) is 4.33. The number of pyridine rings is 1. The van der Waals surface area contributed by atoms with Crippen molar-refractivity contribution in [1.82, 2.24) is 9.88 Å². The number of aromatic nitrogens is 1. The van der Waals surface area contributed by atoms with Gasteiger partial charge in [-0.1, -0.05) is 0 Å². The Balaban J connectivity index is 1.87. The molecule has 1 fully saturated rings. The summed E-state index contributed by atoms with van der Waals surface area (Å²) >= 11 is 0. The molecule has 1 aliphatic heterocycles. The van der Waals surface area contributed by atoms with Gasteiger partial charge in [0.15, 0.2) is 0 Å². The summed E-state index contributed by atoms with van der Waals surface area (Å²) in [5.41, 5.74) is 1.39. The normalized spacial score (nSPS) is 20.7. The summed E-state index contributed by atoms with van der Waals surface area (Å²) in [5.74, 6) is -0.677. The van der Waals surface area contributed by atoms with Gasteiger partial charge in [-0.3, -0.25) is 14.6 Å². The molecule has 0 radical (unpaired) electrons. The SMILES string of the molecule is Cc1cc(C(=O)N2C[C@H](C(=O)O)[C@@H](c3ccncc3)C2)c(C)o1. The molecule has 6 nitrogen and oxygen atoms in total. The second kappa shape index (κ2) is 5.87. The third-order valence-corrected chi connectivity index (χ3v) is 4.33. The quantitative estimate of drug-likeness (QED) is 0.939. The zero-order valence-electron chi connectivity index (χ0n) is 13.0. The predicted octanol–water partition coefficient (Wildman–Crippen LogP) is 2.23. The van der Waals surface area contributed by atoms with E-state index in [4.69, 9.17) is 4.42 Å². The van der Waals surface area contributed by atoms with Crippen molar-refractivity contribution in [3.8, 4) is 0 Å². The Bertz CT molecular complexity index is 738. The first kappa shape index (κ1) is 15.3. The van der Waals surface area contributed by atoms with Gasteiger partial charge in [0.2, 0.25) is 0 Å². The van der Waals surface area contributed by atoms with Crippen LogP contribution in [0.2, 0.25) is 0 Å². The van der Waals surface area contributed by atoms with Crippen molar-refractivity contribution in [2.45, 2.75) is 19.8 Å². The van der Waals surface area contributed by atoms with Gasteiger partial charge in [-0.15, -0.1) is 0 Å². The zero-order valence-corrected chi connectivity index (χ0v) is 13.0. The number of rotatable bonds is 3. The summed E-state index contributed by atoms with van der Waals surface area (Å²) in [7, 11) is 0. The lowest BCUT2D eigenvalue weighted by Gasteiger charge is -2.16. The van der Waals surface area contributed by atoms with Gasteiger partial charge in [0.1, 0.15) is 11.5 Å². The minimum atomic E-state index is -0.887. The molecule has 0 aromatic carbocycles. The average Bonchev–Trinajstić information content (AvgIpc) is 3.11. The molecule has 6 heteroatoms. The Morgan fingerprint density at radius 3 is 2.52 bits per heavy atom. The van der Waals surface area contributed by atoms with E-state index in [1.165, 1.54) is 0 Å². The largest absolute Gasteiger partial charge is 0.481 e. The van der Waals surface area contributed by atoms with E-state index in [-0.39, 0.29) is 18.4 Å². The molecule has 1 saturated heterocycles. The van der Waals surface area contributed by atoms with Crippen LogP contribution in [0.1, 0.15) is 33.4 Å². The van der Waals surface area contributed by atoms with Crippen LogP contribution in [-0.2, 0) is 4.79 Å². The van der Waals surface area contributed by atoms with Gasteiger partial charge in [-0.2, -0.15) is 0 Å². The number of carbonyl (C=O) groups is 2. The van der Waals surface area contributed by atoms with E-state index >= 15 is 0 Å². The topological polar surface area (TPSA) is 83.6 Å². The van der Waals surface area contributed by atoms with Crippen molar-refractivity contribution >= 4 is 11.9 Å². The molecule has 23 heavy (non-hydrogen) atoms. The molecule has 1 aliphatic rings. The number of carboxylic acids is 1. The van der Waals surface area contributed by atoms with Gasteiger partial charge in [0.25, 0.3) is 5.91 Å². The second-order valence-electron chi connectivity index (χ2n) is 5.87. The molecular weight excluding hydrogens is 296 g/mol. The standard InChI is InChI=1S/C17H18N2O4/c1-10-7-13(11(2)23-10)16(20)19-8-14(15(9-19)17(21)22)12-3-5-18-6-4-12/h3-7,14-15H,8-9H2,1-2H3,(H,21,22)/t14-,15+/m1/s1. The van der Waals surface area contributed by atoms with E-state index in [1.807, 2.05) is 12.1 Å². The number of aryl methyl sites for hydroxylation is 2. The number of furan rings is 1. The van der Waals surface area contributed by atoms with Crippen LogP contribution in [0.3, 0.4) is 0 Å². The lowest BCUT2D eigenvalue weighted by atomic mass is 9.90. The molecule has 2 atom stereocenters. The Morgan fingerprint density at radius 1 is 1.26 bits per heavy atom. The highest BCUT2D eigenvalue weighted by Crippen LogP contribution is 2.34. The van der Waals surface area contributed by atoms with Crippen LogP contribution < -0.4 is 0 Å². The van der Waals surface area contributed by atoms with Crippen LogP contribution in [0.15, 0.2) is 35.0 Å². The molecule has 0 spiro atoms. The van der Waals surface area contributed by atoms with Crippen LogP contribution in [-0.4, -0.2) is 40.0 Å². The Morgan fingerprint density at radius 2 is 1.96 bits per heavy atom. The van der Waals surface area contributed by atoms with Crippen molar-refractivity contribution < 1.29 is 19.1 Å². The summed E-state index contributed by atoms with van der Waals surface area (Å²) in [6.07, 6.45) is 3.28. The highest BCUT2D eigenvalue weighted by Gasteiger charge is 2.41. The first-order valence-electron chi connectivity index (χ1n) is 7.46. The van der Waals surface area contributed by atoms with E-state index < -0.39 is 11.9 Å². The molecule has 0 aliphatic carbocycles. The number of carboxylic acid groups (broad SMARTS) is 1. The molecule has 0 bridgehead atoms. The summed E-state index contributed by atoms with van der Waals surface area (Å²) in [6, 6.07) is 5.32. The predicted molar refractivity (Wildman–Crippen MR) is 82.2 cm³/mol. The molecule has 120 valence electrons. The lowest BCUT2D eigenvalue weighted by molar-refractivity contribution is -0.141. The molecule has 2 aromatic rings. The maximum atomic E-state index is 12.7. The van der Waals surface area contributed by atoms with Crippen molar-refractivity contribution in [3.63, 3.8) is 0 Å². The minimum Gasteiger partial charge on any atom is -0.481 e. The number of nitrogens with zero attached hydrogens (tertiary/aromatic N) is 2. The fraction of sp³-hybridized carbons (Fsp3) is 0.353. The minimum absolute atomic E-state index is 0.179. The van der Waals surface area contributed by atoms with Crippen molar-refractivity contribution in [1.29, 1.82) is 0 Å². The molecule has 2 aromatic heterocycles. The van der Waals surface area contributed by atoms with Crippen molar-refractivity contribution in [2.24, 2.45) is 5.92 Å². The molecule has 0 unspecified atom stereocenters. The van der Waals surface area contributed by atoms with Crippen molar-refractivity contribution in [2.75, 3.05) is 13.1 Å². The fourth-order valence-electron chi connectivity index (χ4n) is 3.18. The fourth-order valence-corrected chi connectivity index (χ4v) is 3.18. The second-order valence-corrected chi connectivity index (χ2v) is 5.87. The van der Waals surface area contributed by atoms with E-state index in [9.17, 15) is 14.7 Å². The van der Waals surface area contributed by atoms with Crippen LogP contribution in [0, 0.1) is 19.8 Å². The molecule has 3 heterocycles. The number of hydrogen-bond donors (Lipinski definition) is 1. The lowest BCUT2D eigenvalue weighted by Crippen LogP contribution is -2.30. The number of aliphatic carboxylic acids is 1.